The maximum atomic E-state index is 13.2. The fraction of sp³-hybridized carbons (Fsp3) is 0.455. The summed E-state index contributed by atoms with van der Waals surface area (Å²) < 4.78 is 44.4. The average Bonchev–Trinajstić information content (AvgIpc) is 2.27. The summed E-state index contributed by atoms with van der Waals surface area (Å²) in [6.45, 7) is 0.804. The predicted molar refractivity (Wildman–Crippen MR) is 78.1 cm³/mol. The van der Waals surface area contributed by atoms with Gasteiger partial charge < -0.3 is 4.74 Å². The van der Waals surface area contributed by atoms with Crippen LogP contribution in [0.4, 0.5) is 4.39 Å². The number of halogens is 3. The Balaban J connectivity index is 3.07. The molecular formula is C11H14Br2FNO3S. The first-order chi connectivity index (χ1) is 8.80. The summed E-state index contributed by atoms with van der Waals surface area (Å²) in [6.07, 6.45) is 0.586. The van der Waals surface area contributed by atoms with Gasteiger partial charge in [0.1, 0.15) is 10.7 Å². The topological polar surface area (TPSA) is 46.6 Å². The van der Waals surface area contributed by atoms with Gasteiger partial charge in [0, 0.05) is 36.3 Å². The number of nitrogens with zero attached hydrogens (tertiary/aromatic N) is 1. The molecule has 0 saturated carbocycles. The van der Waals surface area contributed by atoms with E-state index < -0.39 is 15.8 Å². The molecule has 0 radical (unpaired) electrons. The van der Waals surface area contributed by atoms with Crippen molar-refractivity contribution in [1.29, 1.82) is 0 Å². The van der Waals surface area contributed by atoms with Crippen LogP contribution in [0, 0.1) is 5.82 Å². The van der Waals surface area contributed by atoms with Crippen molar-refractivity contribution >= 4 is 41.9 Å². The van der Waals surface area contributed by atoms with Crippen molar-refractivity contribution in [3.63, 3.8) is 0 Å². The molecule has 1 rings (SSSR count). The van der Waals surface area contributed by atoms with E-state index in [9.17, 15) is 12.8 Å². The summed E-state index contributed by atoms with van der Waals surface area (Å²) in [6, 6.07) is 2.25. The highest BCUT2D eigenvalue weighted by Crippen LogP contribution is 2.32. The van der Waals surface area contributed by atoms with E-state index in [1.165, 1.54) is 11.4 Å². The zero-order valence-electron chi connectivity index (χ0n) is 10.5. The van der Waals surface area contributed by atoms with Crippen molar-refractivity contribution in [2.75, 3.05) is 27.3 Å². The molecule has 8 heteroatoms. The van der Waals surface area contributed by atoms with Gasteiger partial charge in [-0.3, -0.25) is 0 Å². The summed E-state index contributed by atoms with van der Waals surface area (Å²) in [5, 5.41) is 0. The Kier molecular flexibility index (Phi) is 6.38. The van der Waals surface area contributed by atoms with E-state index in [0.29, 0.717) is 19.6 Å². The lowest BCUT2D eigenvalue weighted by Crippen LogP contribution is -2.29. The molecule has 0 aliphatic carbocycles. The van der Waals surface area contributed by atoms with Gasteiger partial charge in [0.15, 0.2) is 0 Å². The smallest absolute Gasteiger partial charge is 0.245 e. The zero-order valence-corrected chi connectivity index (χ0v) is 14.5. The van der Waals surface area contributed by atoms with Crippen LogP contribution < -0.4 is 0 Å². The molecule has 0 atom stereocenters. The first kappa shape index (κ1) is 17.0. The molecule has 0 saturated heterocycles. The van der Waals surface area contributed by atoms with Crippen LogP contribution in [-0.2, 0) is 14.8 Å². The summed E-state index contributed by atoms with van der Waals surface area (Å²) in [7, 11) is -0.644. The molecule has 0 heterocycles. The highest BCUT2D eigenvalue weighted by Gasteiger charge is 2.26. The van der Waals surface area contributed by atoms with Crippen molar-refractivity contribution in [2.45, 2.75) is 11.3 Å². The largest absolute Gasteiger partial charge is 0.385 e. The third-order valence-electron chi connectivity index (χ3n) is 2.45. The monoisotopic (exact) mass is 417 g/mol. The van der Waals surface area contributed by atoms with Gasteiger partial charge in [-0.05, 0) is 50.4 Å². The molecule has 19 heavy (non-hydrogen) atoms. The third kappa shape index (κ3) is 4.22. The Morgan fingerprint density at radius 2 is 1.84 bits per heavy atom. The molecule has 0 N–H and O–H groups in total. The molecule has 0 aromatic heterocycles. The van der Waals surface area contributed by atoms with Gasteiger partial charge in [0.2, 0.25) is 10.0 Å². The van der Waals surface area contributed by atoms with E-state index in [4.69, 9.17) is 4.74 Å². The fourth-order valence-corrected chi connectivity index (χ4v) is 5.13. The number of benzene rings is 1. The summed E-state index contributed by atoms with van der Waals surface area (Å²) in [5.74, 6) is -0.514. The van der Waals surface area contributed by atoms with Crippen LogP contribution in [0.3, 0.4) is 0 Å². The van der Waals surface area contributed by atoms with Crippen LogP contribution >= 0.6 is 31.9 Å². The Morgan fingerprint density at radius 3 is 2.32 bits per heavy atom. The molecule has 0 fully saturated rings. The summed E-state index contributed by atoms with van der Waals surface area (Å²) in [5.41, 5.74) is 0. The van der Waals surface area contributed by atoms with E-state index in [1.807, 2.05) is 0 Å². The van der Waals surface area contributed by atoms with E-state index in [-0.39, 0.29) is 13.8 Å². The van der Waals surface area contributed by atoms with Crippen LogP contribution in [0.5, 0.6) is 0 Å². The highest BCUT2D eigenvalue weighted by molar-refractivity contribution is 9.11. The van der Waals surface area contributed by atoms with Crippen LogP contribution in [0.15, 0.2) is 26.0 Å². The van der Waals surface area contributed by atoms with Crippen LogP contribution in [0.2, 0.25) is 0 Å². The fourth-order valence-electron chi connectivity index (χ4n) is 1.48. The van der Waals surface area contributed by atoms with Crippen LogP contribution in [0.25, 0.3) is 0 Å². The third-order valence-corrected chi connectivity index (χ3v) is 6.19. The van der Waals surface area contributed by atoms with Gasteiger partial charge in [0.05, 0.1) is 0 Å². The number of hydrogen-bond acceptors (Lipinski definition) is 3. The molecule has 108 valence electrons. The van der Waals surface area contributed by atoms with Crippen LogP contribution in [-0.4, -0.2) is 40.0 Å². The number of methoxy groups -OCH3 is 1. The molecule has 1 aromatic rings. The van der Waals surface area contributed by atoms with Crippen molar-refractivity contribution < 1.29 is 17.5 Å². The second-order valence-electron chi connectivity index (χ2n) is 3.87. The second-order valence-corrected chi connectivity index (χ2v) is 7.56. The zero-order chi connectivity index (χ0) is 14.6. The SMILES string of the molecule is COCCCN(C)S(=O)(=O)c1c(Br)cc(F)cc1Br. The molecule has 1 aromatic carbocycles. The van der Waals surface area contributed by atoms with Gasteiger partial charge in [-0.1, -0.05) is 0 Å². The molecule has 0 amide bonds. The molecule has 0 aliphatic rings. The first-order valence-corrected chi connectivity index (χ1v) is 8.43. The average molecular weight is 419 g/mol. The Hall–Kier alpha value is -0.0200. The molecule has 0 aliphatic heterocycles. The van der Waals surface area contributed by atoms with E-state index >= 15 is 0 Å². The van der Waals surface area contributed by atoms with Gasteiger partial charge in [-0.15, -0.1) is 0 Å². The van der Waals surface area contributed by atoms with Gasteiger partial charge in [0.25, 0.3) is 0 Å². The maximum absolute atomic E-state index is 13.2. The summed E-state index contributed by atoms with van der Waals surface area (Å²) >= 11 is 6.17. The van der Waals surface area contributed by atoms with Gasteiger partial charge in [-0.25, -0.2) is 17.1 Å². The second kappa shape index (κ2) is 7.12. The molecular weight excluding hydrogens is 405 g/mol. The van der Waals surface area contributed by atoms with E-state index in [2.05, 4.69) is 31.9 Å². The first-order valence-electron chi connectivity index (χ1n) is 5.40. The molecule has 0 spiro atoms. The number of ether oxygens (including phenoxy) is 1. The minimum absolute atomic E-state index is 0.0221. The quantitative estimate of drug-likeness (QED) is 0.667. The Labute approximate surface area is 129 Å². The van der Waals surface area contributed by atoms with Gasteiger partial charge in [-0.2, -0.15) is 0 Å². The molecule has 0 bridgehead atoms. The molecule has 0 unspecified atom stereocenters. The normalized spacial score (nSPS) is 12.1. The minimum atomic E-state index is -3.68. The van der Waals surface area contributed by atoms with Gasteiger partial charge >= 0.3 is 0 Å². The Bertz CT molecular complexity index is 528. The van der Waals surface area contributed by atoms with Crippen molar-refractivity contribution in [2.24, 2.45) is 0 Å². The predicted octanol–water partition coefficient (Wildman–Crippen LogP) is 3.01. The lowest BCUT2D eigenvalue weighted by atomic mass is 10.3. The molecule has 4 nitrogen and oxygen atoms in total. The number of sulfonamides is 1. The van der Waals surface area contributed by atoms with E-state index in [1.54, 1.807) is 7.11 Å². The van der Waals surface area contributed by atoms with E-state index in [0.717, 1.165) is 12.1 Å². The summed E-state index contributed by atoms with van der Waals surface area (Å²) in [4.78, 5) is 0.0221. The van der Waals surface area contributed by atoms with Crippen molar-refractivity contribution in [1.82, 2.24) is 4.31 Å². The number of rotatable bonds is 6. The Morgan fingerprint density at radius 1 is 1.32 bits per heavy atom. The van der Waals surface area contributed by atoms with Crippen LogP contribution in [0.1, 0.15) is 6.42 Å². The standard InChI is InChI=1S/C11H14Br2FNO3S/c1-15(4-3-5-18-2)19(16,17)11-9(12)6-8(14)7-10(11)13/h6-7H,3-5H2,1-2H3. The minimum Gasteiger partial charge on any atom is -0.385 e. The number of hydrogen-bond donors (Lipinski definition) is 0. The van der Waals surface area contributed by atoms with Crippen molar-refractivity contribution in [3.05, 3.63) is 26.9 Å². The van der Waals surface area contributed by atoms with Crippen molar-refractivity contribution in [3.8, 4) is 0 Å². The highest BCUT2D eigenvalue weighted by atomic mass is 79.9. The lowest BCUT2D eigenvalue weighted by molar-refractivity contribution is 0.189. The maximum Gasteiger partial charge on any atom is 0.245 e. The lowest BCUT2D eigenvalue weighted by Gasteiger charge is -2.19.